The topological polar surface area (TPSA) is 43.7 Å². The molecular weight excluding hydrogens is 257 g/mol. The molecule has 2 aromatic rings. The number of hydrogen-bond donors (Lipinski definition) is 2. The molecule has 0 aliphatic rings. The van der Waals surface area contributed by atoms with E-state index in [-0.39, 0.29) is 18.8 Å². The summed E-state index contributed by atoms with van der Waals surface area (Å²) in [6.07, 6.45) is 0. The van der Waals surface area contributed by atoms with Crippen molar-refractivity contribution < 1.29 is 14.6 Å². The summed E-state index contributed by atoms with van der Waals surface area (Å²) in [6, 6.07) is 14.4. The van der Waals surface area contributed by atoms with E-state index in [9.17, 15) is 14.6 Å². The quantitative estimate of drug-likeness (QED) is 0.850. The number of aliphatic hydroxyl groups excluding tert-OH is 2. The summed E-state index contributed by atoms with van der Waals surface area (Å²) in [6.45, 7) is 0.538. The van der Waals surface area contributed by atoms with Crippen molar-refractivity contribution in [2.75, 3.05) is 18.1 Å². The Morgan fingerprint density at radius 2 is 1.70 bits per heavy atom. The molecule has 0 heterocycles. The first-order valence-electron chi connectivity index (χ1n) is 6.54. The van der Waals surface area contributed by atoms with Gasteiger partial charge in [-0.15, -0.1) is 0 Å². The van der Waals surface area contributed by atoms with E-state index < -0.39 is 5.82 Å². The summed E-state index contributed by atoms with van der Waals surface area (Å²) in [7, 11) is 0. The van der Waals surface area contributed by atoms with Crippen molar-refractivity contribution in [1.82, 2.24) is 0 Å². The van der Waals surface area contributed by atoms with E-state index >= 15 is 0 Å². The molecule has 2 N–H and O–H groups in total. The van der Waals surface area contributed by atoms with Crippen molar-refractivity contribution in [1.29, 1.82) is 0 Å². The molecule has 3 nitrogen and oxygen atoms in total. The lowest BCUT2D eigenvalue weighted by molar-refractivity contribution is 0.274. The standard InChI is InChI=1S/C16H18FNO2/c17-15-7-4-8-16(14(15)12-20)18(9-10-19)11-13-5-2-1-3-6-13/h1-8,19-20H,9-12H2. The number of halogens is 1. The van der Waals surface area contributed by atoms with Crippen molar-refractivity contribution in [2.45, 2.75) is 13.2 Å². The Balaban J connectivity index is 2.31. The molecule has 2 aromatic carbocycles. The lowest BCUT2D eigenvalue weighted by atomic mass is 10.1. The molecule has 0 unspecified atom stereocenters. The summed E-state index contributed by atoms with van der Waals surface area (Å²) >= 11 is 0. The van der Waals surface area contributed by atoms with Gasteiger partial charge >= 0.3 is 0 Å². The molecule has 2 rings (SSSR count). The van der Waals surface area contributed by atoms with Gasteiger partial charge in [0, 0.05) is 24.3 Å². The Kier molecular flexibility index (Phi) is 5.09. The molecule has 0 aliphatic heterocycles. The third kappa shape index (κ3) is 3.35. The first-order chi connectivity index (χ1) is 9.76. The number of hydrogen-bond acceptors (Lipinski definition) is 3. The molecular formula is C16H18FNO2. The zero-order valence-corrected chi connectivity index (χ0v) is 11.2. The number of benzene rings is 2. The molecule has 106 valence electrons. The number of anilines is 1. The Hall–Kier alpha value is -1.91. The SMILES string of the molecule is OCCN(Cc1ccccc1)c1cccc(F)c1CO. The molecule has 0 radical (unpaired) electrons. The van der Waals surface area contributed by atoms with Crippen molar-refractivity contribution in [3.05, 3.63) is 65.5 Å². The highest BCUT2D eigenvalue weighted by Crippen LogP contribution is 2.24. The minimum atomic E-state index is -0.430. The average molecular weight is 275 g/mol. The van der Waals surface area contributed by atoms with E-state index in [0.717, 1.165) is 5.56 Å². The molecule has 0 atom stereocenters. The van der Waals surface area contributed by atoms with Gasteiger partial charge in [-0.25, -0.2) is 4.39 Å². The van der Waals surface area contributed by atoms with Crippen LogP contribution < -0.4 is 4.90 Å². The normalized spacial score (nSPS) is 10.6. The van der Waals surface area contributed by atoms with E-state index in [4.69, 9.17) is 0 Å². The van der Waals surface area contributed by atoms with Crippen LogP contribution in [-0.2, 0) is 13.2 Å². The first kappa shape index (κ1) is 14.5. The van der Waals surface area contributed by atoms with Gasteiger partial charge in [-0.05, 0) is 17.7 Å². The molecule has 0 spiro atoms. The van der Waals surface area contributed by atoms with Gasteiger partial charge in [0.05, 0.1) is 13.2 Å². The molecule has 0 bridgehead atoms. The monoisotopic (exact) mass is 275 g/mol. The van der Waals surface area contributed by atoms with Gasteiger partial charge < -0.3 is 15.1 Å². The second kappa shape index (κ2) is 7.03. The fraction of sp³-hybridized carbons (Fsp3) is 0.250. The number of rotatable bonds is 6. The third-order valence-corrected chi connectivity index (χ3v) is 3.18. The minimum Gasteiger partial charge on any atom is -0.395 e. The smallest absolute Gasteiger partial charge is 0.130 e. The minimum absolute atomic E-state index is 0.0335. The Morgan fingerprint density at radius 1 is 0.950 bits per heavy atom. The van der Waals surface area contributed by atoms with Gasteiger partial charge in [0.25, 0.3) is 0 Å². The van der Waals surface area contributed by atoms with Crippen molar-refractivity contribution >= 4 is 5.69 Å². The lowest BCUT2D eigenvalue weighted by Gasteiger charge is -2.26. The molecule has 0 aliphatic carbocycles. The van der Waals surface area contributed by atoms with Gasteiger partial charge in [0.2, 0.25) is 0 Å². The summed E-state index contributed by atoms with van der Waals surface area (Å²) in [5.41, 5.74) is 1.94. The summed E-state index contributed by atoms with van der Waals surface area (Å²) in [4.78, 5) is 1.87. The van der Waals surface area contributed by atoms with Crippen LogP contribution >= 0.6 is 0 Å². The van der Waals surface area contributed by atoms with Gasteiger partial charge in [0.1, 0.15) is 5.82 Å². The molecule has 0 amide bonds. The zero-order chi connectivity index (χ0) is 14.4. The van der Waals surface area contributed by atoms with E-state index in [1.54, 1.807) is 12.1 Å². The molecule has 4 heteroatoms. The van der Waals surface area contributed by atoms with Crippen LogP contribution in [0.1, 0.15) is 11.1 Å². The van der Waals surface area contributed by atoms with Gasteiger partial charge in [-0.2, -0.15) is 0 Å². The van der Waals surface area contributed by atoms with Crippen LogP contribution in [-0.4, -0.2) is 23.4 Å². The molecule has 0 saturated heterocycles. The van der Waals surface area contributed by atoms with Crippen LogP contribution in [0.2, 0.25) is 0 Å². The average Bonchev–Trinajstić information content (AvgIpc) is 2.47. The van der Waals surface area contributed by atoms with Crippen LogP contribution in [0, 0.1) is 5.82 Å². The highest BCUT2D eigenvalue weighted by Gasteiger charge is 2.14. The summed E-state index contributed by atoms with van der Waals surface area (Å²) in [5.74, 6) is -0.430. The molecule has 0 saturated carbocycles. The van der Waals surface area contributed by atoms with Crippen molar-refractivity contribution in [2.24, 2.45) is 0 Å². The molecule has 20 heavy (non-hydrogen) atoms. The van der Waals surface area contributed by atoms with E-state index in [0.29, 0.717) is 18.8 Å². The van der Waals surface area contributed by atoms with Crippen LogP contribution in [0.25, 0.3) is 0 Å². The lowest BCUT2D eigenvalue weighted by Crippen LogP contribution is -2.27. The van der Waals surface area contributed by atoms with Crippen LogP contribution in [0.15, 0.2) is 48.5 Å². The number of aliphatic hydroxyl groups is 2. The summed E-state index contributed by atoms with van der Waals surface area (Å²) < 4.78 is 13.7. The predicted octanol–water partition coefficient (Wildman–Crippen LogP) is 2.32. The Morgan fingerprint density at radius 3 is 2.35 bits per heavy atom. The fourth-order valence-electron chi connectivity index (χ4n) is 2.21. The van der Waals surface area contributed by atoms with Gasteiger partial charge in [-0.3, -0.25) is 0 Å². The van der Waals surface area contributed by atoms with Gasteiger partial charge in [0.15, 0.2) is 0 Å². The largest absolute Gasteiger partial charge is 0.395 e. The molecule has 0 aromatic heterocycles. The maximum Gasteiger partial charge on any atom is 0.130 e. The van der Waals surface area contributed by atoms with E-state index in [1.807, 2.05) is 35.2 Å². The second-order valence-electron chi connectivity index (χ2n) is 4.53. The first-order valence-corrected chi connectivity index (χ1v) is 6.54. The fourth-order valence-corrected chi connectivity index (χ4v) is 2.21. The van der Waals surface area contributed by atoms with Crippen LogP contribution in [0.5, 0.6) is 0 Å². The van der Waals surface area contributed by atoms with E-state index in [2.05, 4.69) is 0 Å². The highest BCUT2D eigenvalue weighted by atomic mass is 19.1. The molecule has 0 fully saturated rings. The maximum atomic E-state index is 13.7. The number of nitrogens with zero attached hydrogens (tertiary/aromatic N) is 1. The second-order valence-corrected chi connectivity index (χ2v) is 4.53. The zero-order valence-electron chi connectivity index (χ0n) is 11.2. The highest BCUT2D eigenvalue weighted by molar-refractivity contribution is 5.54. The van der Waals surface area contributed by atoms with E-state index in [1.165, 1.54) is 6.07 Å². The Bertz CT molecular complexity index is 545. The van der Waals surface area contributed by atoms with Crippen molar-refractivity contribution in [3.63, 3.8) is 0 Å². The van der Waals surface area contributed by atoms with Crippen LogP contribution in [0.4, 0.5) is 10.1 Å². The maximum absolute atomic E-state index is 13.7. The van der Waals surface area contributed by atoms with Gasteiger partial charge in [-0.1, -0.05) is 36.4 Å². The van der Waals surface area contributed by atoms with Crippen LogP contribution in [0.3, 0.4) is 0 Å². The van der Waals surface area contributed by atoms with Crippen molar-refractivity contribution in [3.8, 4) is 0 Å². The summed E-state index contributed by atoms with van der Waals surface area (Å²) in [5, 5.41) is 18.6. The Labute approximate surface area is 117 Å². The predicted molar refractivity (Wildman–Crippen MR) is 76.9 cm³/mol. The third-order valence-electron chi connectivity index (χ3n) is 3.18.